The fourth-order valence-electron chi connectivity index (χ4n) is 5.74. The zero-order chi connectivity index (χ0) is 33.9. The van der Waals surface area contributed by atoms with E-state index in [-0.39, 0.29) is 31.1 Å². The minimum Gasteiger partial charge on any atom is -0.462 e. The van der Waals surface area contributed by atoms with Crippen LogP contribution in [0.25, 0.3) is 0 Å². The van der Waals surface area contributed by atoms with Crippen molar-refractivity contribution in [2.45, 2.75) is 220 Å². The maximum absolute atomic E-state index is 12.5. The van der Waals surface area contributed by atoms with Crippen molar-refractivity contribution in [2.24, 2.45) is 5.92 Å². The molecule has 0 spiro atoms. The number of carbonyl (C=O) groups excluding carboxylic acids is 3. The summed E-state index contributed by atoms with van der Waals surface area (Å²) in [6, 6.07) is 0. The lowest BCUT2D eigenvalue weighted by molar-refractivity contribution is -0.167. The van der Waals surface area contributed by atoms with Gasteiger partial charge in [0, 0.05) is 19.3 Å². The van der Waals surface area contributed by atoms with Crippen molar-refractivity contribution in [2.75, 3.05) is 13.2 Å². The molecule has 0 N–H and O–H groups in total. The molecule has 0 rings (SSSR count). The summed E-state index contributed by atoms with van der Waals surface area (Å²) in [4.78, 5) is 37.2. The molecule has 0 amide bonds. The molecular weight excluding hydrogens is 576 g/mol. The standard InChI is InChI=1S/C40H76O6/c1-5-7-9-11-12-13-14-15-16-17-20-24-27-31-38(41)44-34-37(46-40(43)33-29-22-10-8-6-2)35-45-39(42)32-28-25-21-18-19-23-26-30-36(3)4/h36-37H,5-35H2,1-4H3/t37-/m0/s1. The van der Waals surface area contributed by atoms with Crippen molar-refractivity contribution < 1.29 is 28.6 Å². The molecule has 6 heteroatoms. The molecule has 272 valence electrons. The van der Waals surface area contributed by atoms with Crippen molar-refractivity contribution >= 4 is 17.9 Å². The van der Waals surface area contributed by atoms with Crippen molar-refractivity contribution in [1.82, 2.24) is 0 Å². The molecule has 0 heterocycles. The minimum absolute atomic E-state index is 0.0665. The maximum atomic E-state index is 12.5. The molecule has 0 aliphatic carbocycles. The first-order chi connectivity index (χ1) is 22.4. The molecule has 0 aromatic carbocycles. The lowest BCUT2D eigenvalue weighted by atomic mass is 10.0. The number of hydrogen-bond acceptors (Lipinski definition) is 6. The first-order valence-electron chi connectivity index (χ1n) is 19.9. The van der Waals surface area contributed by atoms with Crippen molar-refractivity contribution in [1.29, 1.82) is 0 Å². The summed E-state index contributed by atoms with van der Waals surface area (Å²) in [5.41, 5.74) is 0. The van der Waals surface area contributed by atoms with Crippen molar-refractivity contribution in [3.8, 4) is 0 Å². The van der Waals surface area contributed by atoms with Crippen LogP contribution < -0.4 is 0 Å². The van der Waals surface area contributed by atoms with Gasteiger partial charge in [0.1, 0.15) is 13.2 Å². The van der Waals surface area contributed by atoms with Crippen LogP contribution in [0.4, 0.5) is 0 Å². The van der Waals surface area contributed by atoms with E-state index in [0.717, 1.165) is 70.1 Å². The van der Waals surface area contributed by atoms with E-state index in [1.807, 2.05) is 0 Å². The maximum Gasteiger partial charge on any atom is 0.306 e. The molecule has 0 unspecified atom stereocenters. The highest BCUT2D eigenvalue weighted by Crippen LogP contribution is 2.15. The lowest BCUT2D eigenvalue weighted by Gasteiger charge is -2.18. The largest absolute Gasteiger partial charge is 0.462 e. The highest BCUT2D eigenvalue weighted by atomic mass is 16.6. The molecule has 1 atom stereocenters. The van der Waals surface area contributed by atoms with Crippen molar-refractivity contribution in [3.05, 3.63) is 0 Å². The van der Waals surface area contributed by atoms with Gasteiger partial charge in [0.05, 0.1) is 0 Å². The van der Waals surface area contributed by atoms with Crippen LogP contribution in [0, 0.1) is 5.92 Å². The van der Waals surface area contributed by atoms with E-state index in [2.05, 4.69) is 27.7 Å². The van der Waals surface area contributed by atoms with Crippen LogP contribution in [-0.2, 0) is 28.6 Å². The third kappa shape index (κ3) is 33.8. The van der Waals surface area contributed by atoms with Gasteiger partial charge < -0.3 is 14.2 Å². The Morgan fingerprint density at radius 2 is 0.717 bits per heavy atom. The van der Waals surface area contributed by atoms with Gasteiger partial charge in [0.15, 0.2) is 6.10 Å². The number of ether oxygens (including phenoxy) is 3. The summed E-state index contributed by atoms with van der Waals surface area (Å²) in [6.45, 7) is 8.83. The second-order valence-corrected chi connectivity index (χ2v) is 14.0. The first-order valence-corrected chi connectivity index (χ1v) is 19.9. The molecule has 0 saturated heterocycles. The normalized spacial score (nSPS) is 11.9. The van der Waals surface area contributed by atoms with E-state index < -0.39 is 6.10 Å². The van der Waals surface area contributed by atoms with E-state index in [4.69, 9.17) is 14.2 Å². The molecule has 0 aliphatic heterocycles. The van der Waals surface area contributed by atoms with Crippen LogP contribution in [0.3, 0.4) is 0 Å². The van der Waals surface area contributed by atoms with Crippen LogP contribution in [-0.4, -0.2) is 37.2 Å². The van der Waals surface area contributed by atoms with Crippen LogP contribution in [0.2, 0.25) is 0 Å². The molecule has 0 aliphatic rings. The quantitative estimate of drug-likeness (QED) is 0.0385. The van der Waals surface area contributed by atoms with Gasteiger partial charge in [0.25, 0.3) is 0 Å². The Morgan fingerprint density at radius 1 is 0.413 bits per heavy atom. The number of carbonyl (C=O) groups is 3. The van der Waals surface area contributed by atoms with Gasteiger partial charge in [-0.1, -0.05) is 175 Å². The van der Waals surface area contributed by atoms with E-state index >= 15 is 0 Å². The molecule has 6 nitrogen and oxygen atoms in total. The summed E-state index contributed by atoms with van der Waals surface area (Å²) in [5.74, 6) is -0.0980. The predicted octanol–water partition coefficient (Wildman–Crippen LogP) is 12.0. The summed E-state index contributed by atoms with van der Waals surface area (Å²) in [6.07, 6.45) is 31.2. The zero-order valence-corrected chi connectivity index (χ0v) is 31.0. The first kappa shape index (κ1) is 44.4. The second kappa shape index (κ2) is 34.7. The van der Waals surface area contributed by atoms with E-state index in [1.165, 1.54) is 103 Å². The summed E-state index contributed by atoms with van der Waals surface area (Å²) in [5, 5.41) is 0. The summed E-state index contributed by atoms with van der Waals surface area (Å²) in [7, 11) is 0. The fraction of sp³-hybridized carbons (Fsp3) is 0.925. The van der Waals surface area contributed by atoms with Crippen molar-refractivity contribution in [3.63, 3.8) is 0 Å². The summed E-state index contributed by atoms with van der Waals surface area (Å²) >= 11 is 0. The Balaban J connectivity index is 4.21. The zero-order valence-electron chi connectivity index (χ0n) is 31.0. The third-order valence-electron chi connectivity index (χ3n) is 8.79. The molecule has 0 aromatic rings. The monoisotopic (exact) mass is 653 g/mol. The van der Waals surface area contributed by atoms with E-state index in [9.17, 15) is 14.4 Å². The predicted molar refractivity (Wildman–Crippen MR) is 192 cm³/mol. The number of hydrogen-bond donors (Lipinski definition) is 0. The van der Waals surface area contributed by atoms with Crippen LogP contribution in [0.15, 0.2) is 0 Å². The van der Waals surface area contributed by atoms with Crippen LogP contribution in [0.5, 0.6) is 0 Å². The molecule has 0 saturated carbocycles. The number of rotatable bonds is 35. The third-order valence-corrected chi connectivity index (χ3v) is 8.79. The number of esters is 3. The van der Waals surface area contributed by atoms with Gasteiger partial charge in [-0.15, -0.1) is 0 Å². The van der Waals surface area contributed by atoms with Crippen LogP contribution >= 0.6 is 0 Å². The Bertz CT molecular complexity index is 691. The topological polar surface area (TPSA) is 78.9 Å². The molecule has 0 fully saturated rings. The van der Waals surface area contributed by atoms with Gasteiger partial charge in [-0.05, 0) is 25.2 Å². The van der Waals surface area contributed by atoms with Gasteiger partial charge >= 0.3 is 17.9 Å². The molecule has 46 heavy (non-hydrogen) atoms. The van der Waals surface area contributed by atoms with Gasteiger partial charge in [-0.2, -0.15) is 0 Å². The Kier molecular flexibility index (Phi) is 33.5. The average Bonchev–Trinajstić information content (AvgIpc) is 3.03. The highest BCUT2D eigenvalue weighted by Gasteiger charge is 2.19. The Morgan fingerprint density at radius 3 is 1.07 bits per heavy atom. The Labute approximate surface area is 285 Å². The molecule has 0 aromatic heterocycles. The van der Waals surface area contributed by atoms with Gasteiger partial charge in [-0.3, -0.25) is 14.4 Å². The second-order valence-electron chi connectivity index (χ2n) is 14.0. The molecule has 0 bridgehead atoms. The smallest absolute Gasteiger partial charge is 0.306 e. The van der Waals surface area contributed by atoms with Crippen LogP contribution in [0.1, 0.15) is 214 Å². The highest BCUT2D eigenvalue weighted by molar-refractivity contribution is 5.71. The minimum atomic E-state index is -0.756. The molecule has 0 radical (unpaired) electrons. The van der Waals surface area contributed by atoms with E-state index in [0.29, 0.717) is 19.3 Å². The van der Waals surface area contributed by atoms with Gasteiger partial charge in [-0.25, -0.2) is 0 Å². The van der Waals surface area contributed by atoms with E-state index in [1.54, 1.807) is 0 Å². The molecular formula is C40H76O6. The average molecular weight is 653 g/mol. The Hall–Kier alpha value is -1.59. The summed E-state index contributed by atoms with van der Waals surface area (Å²) < 4.78 is 16.5. The van der Waals surface area contributed by atoms with Gasteiger partial charge in [0.2, 0.25) is 0 Å². The SMILES string of the molecule is CCCCCCCCCCCCCCCC(=O)OC[C@@H](COC(=O)CCCCCCCCCC(C)C)OC(=O)CCCCCCC. The fourth-order valence-corrected chi connectivity index (χ4v) is 5.74. The lowest BCUT2D eigenvalue weighted by Crippen LogP contribution is -2.30. The number of unbranched alkanes of at least 4 members (excludes halogenated alkanes) is 22.